The molecule has 0 fully saturated rings. The molecular weight excluding hydrogens is 200 g/mol. The molecule has 0 aliphatic heterocycles. The van der Waals surface area contributed by atoms with Gasteiger partial charge >= 0.3 is 0 Å². The molecule has 0 aromatic heterocycles. The molecule has 0 bridgehead atoms. The number of benzene rings is 1. The molecule has 90 valence electrons. The van der Waals surface area contributed by atoms with Crippen LogP contribution in [0, 0.1) is 0 Å². The zero-order valence-electron chi connectivity index (χ0n) is 10.2. The van der Waals surface area contributed by atoms with E-state index in [1.165, 1.54) is 5.56 Å². The number of aliphatic hydroxyl groups is 1. The van der Waals surface area contributed by atoms with Crippen LogP contribution in [0.25, 0.3) is 0 Å². The van der Waals surface area contributed by atoms with Gasteiger partial charge in [-0.1, -0.05) is 31.2 Å². The molecule has 0 aliphatic carbocycles. The van der Waals surface area contributed by atoms with Crippen LogP contribution in [0.1, 0.15) is 18.1 Å². The van der Waals surface area contributed by atoms with Crippen molar-refractivity contribution in [2.45, 2.75) is 20.1 Å². The maximum absolute atomic E-state index is 8.91. The molecule has 16 heavy (non-hydrogen) atoms. The number of likely N-dealkylation sites (N-methyl/N-ethyl adjacent to an activating group) is 1. The van der Waals surface area contributed by atoms with Crippen molar-refractivity contribution in [2.24, 2.45) is 0 Å². The Morgan fingerprint density at radius 3 is 2.38 bits per heavy atom. The fourth-order valence-corrected chi connectivity index (χ4v) is 1.42. The number of aliphatic hydroxyl groups excluding tert-OH is 1. The molecule has 3 nitrogen and oxygen atoms in total. The summed E-state index contributed by atoms with van der Waals surface area (Å²) in [5.41, 5.74) is 2.23. The summed E-state index contributed by atoms with van der Waals surface area (Å²) in [4.78, 5) is 2.28. The molecule has 0 radical (unpaired) electrons. The van der Waals surface area contributed by atoms with Crippen LogP contribution < -0.4 is 5.32 Å². The molecule has 0 atom stereocenters. The van der Waals surface area contributed by atoms with Gasteiger partial charge in [-0.3, -0.25) is 0 Å². The van der Waals surface area contributed by atoms with Gasteiger partial charge in [0.1, 0.15) is 0 Å². The highest BCUT2D eigenvalue weighted by Crippen LogP contribution is 2.03. The molecule has 0 amide bonds. The van der Waals surface area contributed by atoms with Gasteiger partial charge in [0.25, 0.3) is 0 Å². The highest BCUT2D eigenvalue weighted by molar-refractivity contribution is 5.21. The van der Waals surface area contributed by atoms with Crippen LogP contribution in [-0.2, 0) is 13.2 Å². The van der Waals surface area contributed by atoms with E-state index >= 15 is 0 Å². The van der Waals surface area contributed by atoms with E-state index in [4.69, 9.17) is 5.11 Å². The van der Waals surface area contributed by atoms with Crippen molar-refractivity contribution < 1.29 is 5.11 Å². The Morgan fingerprint density at radius 1 is 1.19 bits per heavy atom. The topological polar surface area (TPSA) is 35.5 Å². The predicted molar refractivity (Wildman–Crippen MR) is 67.2 cm³/mol. The minimum atomic E-state index is 0.120. The van der Waals surface area contributed by atoms with Crippen molar-refractivity contribution in [1.29, 1.82) is 0 Å². The first-order chi connectivity index (χ1) is 7.76. The first-order valence-corrected chi connectivity index (χ1v) is 5.84. The Morgan fingerprint density at radius 2 is 1.81 bits per heavy atom. The van der Waals surface area contributed by atoms with Crippen LogP contribution in [0.4, 0.5) is 0 Å². The quantitative estimate of drug-likeness (QED) is 0.681. The molecule has 1 aromatic carbocycles. The Bertz CT molecular complexity index is 284. The molecule has 3 heteroatoms. The minimum Gasteiger partial charge on any atom is -0.392 e. The molecule has 1 rings (SSSR count). The molecule has 0 unspecified atom stereocenters. The van der Waals surface area contributed by atoms with Gasteiger partial charge in [-0.25, -0.2) is 0 Å². The maximum Gasteiger partial charge on any atom is 0.0681 e. The van der Waals surface area contributed by atoms with Crippen molar-refractivity contribution in [3.8, 4) is 0 Å². The van der Waals surface area contributed by atoms with Gasteiger partial charge < -0.3 is 15.3 Å². The number of nitrogens with one attached hydrogen (secondary N) is 1. The van der Waals surface area contributed by atoms with Crippen molar-refractivity contribution in [2.75, 3.05) is 26.7 Å². The van der Waals surface area contributed by atoms with Crippen LogP contribution in [0.2, 0.25) is 0 Å². The van der Waals surface area contributed by atoms with Crippen LogP contribution in [0.15, 0.2) is 24.3 Å². The monoisotopic (exact) mass is 222 g/mol. The summed E-state index contributed by atoms with van der Waals surface area (Å²) in [5, 5.41) is 12.3. The van der Waals surface area contributed by atoms with Crippen molar-refractivity contribution in [3.63, 3.8) is 0 Å². The third-order valence-electron chi connectivity index (χ3n) is 2.74. The fraction of sp³-hybridized carbons (Fsp3) is 0.538. The number of hydrogen-bond acceptors (Lipinski definition) is 3. The summed E-state index contributed by atoms with van der Waals surface area (Å²) in [6, 6.07) is 8.05. The fourth-order valence-electron chi connectivity index (χ4n) is 1.42. The van der Waals surface area contributed by atoms with E-state index in [2.05, 4.69) is 36.3 Å². The Balaban J connectivity index is 2.21. The number of nitrogens with zero attached hydrogens (tertiary/aromatic N) is 1. The average Bonchev–Trinajstić information content (AvgIpc) is 2.35. The van der Waals surface area contributed by atoms with Gasteiger partial charge in [-0.05, 0) is 24.7 Å². The zero-order valence-corrected chi connectivity index (χ0v) is 10.2. The second kappa shape index (κ2) is 7.39. The summed E-state index contributed by atoms with van der Waals surface area (Å²) in [6.45, 7) is 6.34. The molecular formula is C13H22N2O. The normalized spacial score (nSPS) is 11.0. The van der Waals surface area contributed by atoms with Gasteiger partial charge in [-0.15, -0.1) is 0 Å². The van der Waals surface area contributed by atoms with Crippen LogP contribution >= 0.6 is 0 Å². The first kappa shape index (κ1) is 13.2. The molecule has 0 saturated heterocycles. The second-order valence-electron chi connectivity index (χ2n) is 4.05. The van der Waals surface area contributed by atoms with Gasteiger partial charge in [0, 0.05) is 19.6 Å². The van der Waals surface area contributed by atoms with Gasteiger partial charge in [0.15, 0.2) is 0 Å². The highest BCUT2D eigenvalue weighted by atomic mass is 16.3. The Labute approximate surface area is 98.1 Å². The van der Waals surface area contributed by atoms with Crippen LogP contribution in [0.5, 0.6) is 0 Å². The van der Waals surface area contributed by atoms with E-state index in [-0.39, 0.29) is 6.61 Å². The maximum atomic E-state index is 8.91. The molecule has 0 saturated carbocycles. The highest BCUT2D eigenvalue weighted by Gasteiger charge is 1.95. The molecule has 0 aliphatic rings. The van der Waals surface area contributed by atoms with Crippen molar-refractivity contribution in [3.05, 3.63) is 35.4 Å². The Hall–Kier alpha value is -0.900. The van der Waals surface area contributed by atoms with Crippen molar-refractivity contribution in [1.82, 2.24) is 10.2 Å². The van der Waals surface area contributed by atoms with E-state index < -0.39 is 0 Å². The second-order valence-corrected chi connectivity index (χ2v) is 4.05. The summed E-state index contributed by atoms with van der Waals surface area (Å²) in [5.74, 6) is 0. The van der Waals surface area contributed by atoms with Crippen molar-refractivity contribution >= 4 is 0 Å². The summed E-state index contributed by atoms with van der Waals surface area (Å²) in [7, 11) is 2.12. The zero-order chi connectivity index (χ0) is 11.8. The van der Waals surface area contributed by atoms with Crippen LogP contribution in [-0.4, -0.2) is 36.7 Å². The largest absolute Gasteiger partial charge is 0.392 e. The van der Waals surface area contributed by atoms with E-state index in [1.54, 1.807) is 0 Å². The summed E-state index contributed by atoms with van der Waals surface area (Å²) < 4.78 is 0. The number of hydrogen-bond donors (Lipinski definition) is 2. The molecule has 2 N–H and O–H groups in total. The Kier molecular flexibility index (Phi) is 6.08. The first-order valence-electron chi connectivity index (χ1n) is 5.84. The van der Waals surface area contributed by atoms with Gasteiger partial charge in [-0.2, -0.15) is 0 Å². The van der Waals surface area contributed by atoms with Gasteiger partial charge in [0.05, 0.1) is 6.61 Å². The van der Waals surface area contributed by atoms with E-state index in [0.29, 0.717) is 0 Å². The molecule has 0 heterocycles. The molecule has 1 aromatic rings. The third kappa shape index (κ3) is 4.75. The lowest BCUT2D eigenvalue weighted by Crippen LogP contribution is -2.28. The van der Waals surface area contributed by atoms with E-state index in [0.717, 1.165) is 31.7 Å². The lowest BCUT2D eigenvalue weighted by molar-refractivity contribution is 0.282. The number of rotatable bonds is 7. The predicted octanol–water partition coefficient (Wildman–Crippen LogP) is 1.22. The summed E-state index contributed by atoms with van der Waals surface area (Å²) in [6.07, 6.45) is 0. The smallest absolute Gasteiger partial charge is 0.0681 e. The summed E-state index contributed by atoms with van der Waals surface area (Å²) >= 11 is 0. The van der Waals surface area contributed by atoms with E-state index in [1.807, 2.05) is 12.1 Å². The lowest BCUT2D eigenvalue weighted by atomic mass is 10.1. The lowest BCUT2D eigenvalue weighted by Gasteiger charge is -2.14. The van der Waals surface area contributed by atoms with Gasteiger partial charge in [0.2, 0.25) is 0 Å². The standard InChI is InChI=1S/C13H22N2O/c1-3-15(2)9-8-14-10-12-4-6-13(11-16)7-5-12/h4-7,14,16H,3,8-11H2,1-2H3. The average molecular weight is 222 g/mol. The molecule has 0 spiro atoms. The third-order valence-corrected chi connectivity index (χ3v) is 2.74. The van der Waals surface area contributed by atoms with E-state index in [9.17, 15) is 0 Å². The van der Waals surface area contributed by atoms with Crippen LogP contribution in [0.3, 0.4) is 0 Å². The SMILES string of the molecule is CCN(C)CCNCc1ccc(CO)cc1. The minimum absolute atomic E-state index is 0.120.